The van der Waals surface area contributed by atoms with Gasteiger partial charge in [0.25, 0.3) is 5.91 Å². The number of amides is 2. The lowest BCUT2D eigenvalue weighted by molar-refractivity contribution is -0.142. The van der Waals surface area contributed by atoms with E-state index in [1.807, 2.05) is 0 Å². The fourth-order valence-corrected chi connectivity index (χ4v) is 2.13. The lowest BCUT2D eigenvalue weighted by Crippen LogP contribution is -2.36. The molecule has 0 radical (unpaired) electrons. The highest BCUT2D eigenvalue weighted by Crippen LogP contribution is 2.13. The Morgan fingerprint density at radius 3 is 2.86 bits per heavy atom. The Hall–Kier alpha value is -2.44. The third-order valence-corrected chi connectivity index (χ3v) is 3.33. The molecule has 0 spiro atoms. The van der Waals surface area contributed by atoms with Crippen molar-refractivity contribution in [1.29, 1.82) is 0 Å². The zero-order valence-corrected chi connectivity index (χ0v) is 12.2. The summed E-state index contributed by atoms with van der Waals surface area (Å²) >= 11 is 0. The van der Waals surface area contributed by atoms with Crippen LogP contribution in [0.15, 0.2) is 24.3 Å². The summed E-state index contributed by atoms with van der Waals surface area (Å²) in [4.78, 5) is 35.9. The van der Waals surface area contributed by atoms with Crippen LogP contribution >= 0.6 is 0 Å². The van der Waals surface area contributed by atoms with Crippen LogP contribution in [-0.4, -0.2) is 49.2 Å². The van der Waals surface area contributed by atoms with E-state index in [4.69, 9.17) is 4.74 Å². The van der Waals surface area contributed by atoms with Gasteiger partial charge in [0.15, 0.2) is 0 Å². The Morgan fingerprint density at radius 1 is 1.45 bits per heavy atom. The van der Waals surface area contributed by atoms with Crippen LogP contribution in [0.3, 0.4) is 0 Å². The van der Waals surface area contributed by atoms with E-state index < -0.39 is 23.5 Å². The van der Waals surface area contributed by atoms with Crippen molar-refractivity contribution in [3.8, 4) is 5.75 Å². The first-order valence-corrected chi connectivity index (χ1v) is 6.94. The number of likely N-dealkylation sites (tertiary alicyclic amines) is 1. The second kappa shape index (κ2) is 7.02. The van der Waals surface area contributed by atoms with E-state index in [1.165, 1.54) is 24.1 Å². The van der Waals surface area contributed by atoms with Gasteiger partial charge in [0.2, 0.25) is 11.7 Å². The molecule has 1 fully saturated rings. The second-order valence-electron chi connectivity index (χ2n) is 5.05. The molecule has 0 bridgehead atoms. The summed E-state index contributed by atoms with van der Waals surface area (Å²) in [5.74, 6) is -2.63. The summed E-state index contributed by atoms with van der Waals surface area (Å²) in [7, 11) is 1.49. The molecule has 6 nitrogen and oxygen atoms in total. The third-order valence-electron chi connectivity index (χ3n) is 3.33. The fraction of sp³-hybridized carbons (Fsp3) is 0.400. The number of hydrogen-bond donors (Lipinski definition) is 1. The molecule has 1 unspecified atom stereocenters. The van der Waals surface area contributed by atoms with Crippen LogP contribution in [-0.2, 0) is 14.4 Å². The Labute approximate surface area is 127 Å². The van der Waals surface area contributed by atoms with Crippen LogP contribution in [0.2, 0.25) is 0 Å². The Balaban J connectivity index is 1.68. The molecule has 1 atom stereocenters. The van der Waals surface area contributed by atoms with E-state index in [0.717, 1.165) is 0 Å². The van der Waals surface area contributed by atoms with E-state index >= 15 is 0 Å². The molecule has 1 aliphatic heterocycles. The number of halogens is 1. The smallest absolute Gasteiger partial charge is 0.290 e. The number of carbonyl (C=O) groups excluding carboxylic acids is 3. The van der Waals surface area contributed by atoms with Crippen molar-refractivity contribution in [3.63, 3.8) is 0 Å². The first-order chi connectivity index (χ1) is 10.5. The predicted octanol–water partition coefficient (Wildman–Crippen LogP) is 0.368. The van der Waals surface area contributed by atoms with Crippen molar-refractivity contribution in [2.24, 2.45) is 5.92 Å². The molecule has 0 aliphatic carbocycles. The lowest BCUT2D eigenvalue weighted by Gasteiger charge is -2.10. The van der Waals surface area contributed by atoms with Crippen molar-refractivity contribution in [3.05, 3.63) is 30.1 Å². The molecule has 0 aromatic heterocycles. The SMILES string of the molecule is CN1CC(C(=O)NCCCOc2cccc(F)c2)C(=O)C1=O. The van der Waals surface area contributed by atoms with Crippen LogP contribution in [0.1, 0.15) is 6.42 Å². The van der Waals surface area contributed by atoms with Gasteiger partial charge in [-0.3, -0.25) is 14.4 Å². The molecule has 1 saturated heterocycles. The summed E-state index contributed by atoms with van der Waals surface area (Å²) in [5.41, 5.74) is 0. The van der Waals surface area contributed by atoms with Gasteiger partial charge in [0.1, 0.15) is 17.5 Å². The quantitative estimate of drug-likeness (QED) is 0.468. The highest BCUT2D eigenvalue weighted by molar-refractivity contribution is 6.42. The standard InChI is InChI=1S/C15H17FN2O4/c1-18-9-12(13(19)15(18)21)14(20)17-6-3-7-22-11-5-2-4-10(16)8-11/h2,4-5,8,12H,3,6-7,9H2,1H3,(H,17,20). The summed E-state index contributed by atoms with van der Waals surface area (Å²) < 4.78 is 18.2. The maximum Gasteiger partial charge on any atom is 0.290 e. The number of ether oxygens (including phenoxy) is 1. The van der Waals surface area contributed by atoms with Crippen molar-refractivity contribution in [1.82, 2.24) is 10.2 Å². The average Bonchev–Trinajstić information content (AvgIpc) is 2.74. The van der Waals surface area contributed by atoms with Gasteiger partial charge in [0.05, 0.1) is 6.61 Å². The topological polar surface area (TPSA) is 75.7 Å². The van der Waals surface area contributed by atoms with E-state index in [-0.39, 0.29) is 12.4 Å². The highest BCUT2D eigenvalue weighted by atomic mass is 19.1. The third kappa shape index (κ3) is 3.81. The maximum absolute atomic E-state index is 12.9. The highest BCUT2D eigenvalue weighted by Gasteiger charge is 2.41. The molecule has 2 rings (SSSR count). The number of nitrogens with zero attached hydrogens (tertiary/aromatic N) is 1. The molecular formula is C15H17FN2O4. The van der Waals surface area contributed by atoms with Gasteiger partial charge in [-0.25, -0.2) is 4.39 Å². The molecule has 22 heavy (non-hydrogen) atoms. The molecule has 1 heterocycles. The normalized spacial score (nSPS) is 17.7. The molecule has 1 aliphatic rings. The minimum absolute atomic E-state index is 0.114. The zero-order chi connectivity index (χ0) is 16.1. The lowest BCUT2D eigenvalue weighted by atomic mass is 10.1. The van der Waals surface area contributed by atoms with Crippen LogP contribution in [0.25, 0.3) is 0 Å². The van der Waals surface area contributed by atoms with Gasteiger partial charge in [0, 0.05) is 26.2 Å². The summed E-state index contributed by atoms with van der Waals surface area (Å²) in [6.07, 6.45) is 0.507. The van der Waals surface area contributed by atoms with Gasteiger partial charge in [-0.15, -0.1) is 0 Å². The summed E-state index contributed by atoms with van der Waals surface area (Å²) in [6, 6.07) is 5.78. The monoisotopic (exact) mass is 308 g/mol. The first-order valence-electron chi connectivity index (χ1n) is 6.94. The molecule has 1 aromatic rings. The number of Topliss-reactive ketones (excluding diaryl/α,β-unsaturated/α-hetero) is 1. The Morgan fingerprint density at radius 2 is 2.23 bits per heavy atom. The molecule has 1 aromatic carbocycles. The molecule has 2 amide bonds. The number of hydrogen-bond acceptors (Lipinski definition) is 4. The largest absolute Gasteiger partial charge is 0.493 e. The summed E-state index contributed by atoms with van der Waals surface area (Å²) in [5, 5.41) is 2.60. The summed E-state index contributed by atoms with van der Waals surface area (Å²) in [6.45, 7) is 0.736. The second-order valence-corrected chi connectivity index (χ2v) is 5.05. The number of benzene rings is 1. The molecule has 7 heteroatoms. The van der Waals surface area contributed by atoms with Crippen LogP contribution in [0, 0.1) is 11.7 Å². The fourth-order valence-electron chi connectivity index (χ4n) is 2.13. The number of likely N-dealkylation sites (N-methyl/N-ethyl adjacent to an activating group) is 1. The molecular weight excluding hydrogens is 291 g/mol. The van der Waals surface area contributed by atoms with Gasteiger partial charge in [-0.1, -0.05) is 6.07 Å². The predicted molar refractivity (Wildman–Crippen MR) is 75.7 cm³/mol. The number of ketones is 1. The minimum Gasteiger partial charge on any atom is -0.493 e. The number of nitrogens with one attached hydrogen (secondary N) is 1. The van der Waals surface area contributed by atoms with E-state index in [2.05, 4.69) is 5.32 Å². The van der Waals surface area contributed by atoms with Crippen molar-refractivity contribution < 1.29 is 23.5 Å². The van der Waals surface area contributed by atoms with Crippen LogP contribution in [0.4, 0.5) is 4.39 Å². The first kappa shape index (κ1) is 15.9. The number of carbonyl (C=O) groups is 3. The van der Waals surface area contributed by atoms with Crippen molar-refractivity contribution in [2.75, 3.05) is 26.7 Å². The Bertz CT molecular complexity index is 591. The van der Waals surface area contributed by atoms with Crippen molar-refractivity contribution >= 4 is 17.6 Å². The number of rotatable bonds is 6. The average molecular weight is 308 g/mol. The van der Waals surface area contributed by atoms with E-state index in [9.17, 15) is 18.8 Å². The molecule has 1 N–H and O–H groups in total. The van der Waals surface area contributed by atoms with E-state index in [1.54, 1.807) is 12.1 Å². The Kier molecular flexibility index (Phi) is 5.08. The van der Waals surface area contributed by atoms with Gasteiger partial charge >= 0.3 is 0 Å². The van der Waals surface area contributed by atoms with Gasteiger partial charge < -0.3 is 15.0 Å². The minimum atomic E-state index is -0.929. The zero-order valence-electron chi connectivity index (χ0n) is 12.2. The van der Waals surface area contributed by atoms with Crippen LogP contribution in [0.5, 0.6) is 5.75 Å². The van der Waals surface area contributed by atoms with Gasteiger partial charge in [-0.05, 0) is 18.6 Å². The molecule has 118 valence electrons. The van der Waals surface area contributed by atoms with Gasteiger partial charge in [-0.2, -0.15) is 0 Å². The molecule has 0 saturated carbocycles. The van der Waals surface area contributed by atoms with Crippen LogP contribution < -0.4 is 10.1 Å². The van der Waals surface area contributed by atoms with Crippen molar-refractivity contribution in [2.45, 2.75) is 6.42 Å². The van der Waals surface area contributed by atoms with E-state index in [0.29, 0.717) is 25.3 Å². The maximum atomic E-state index is 12.9.